The number of non-ortho nitro benzene ring substituents is 1. The minimum Gasteiger partial charge on any atom is -0.291 e. The Hall–Kier alpha value is -1.47. The third-order valence-corrected chi connectivity index (χ3v) is 6.62. The summed E-state index contributed by atoms with van der Waals surface area (Å²) in [4.78, 5) is 37.4. The first-order chi connectivity index (χ1) is 12.3. The third kappa shape index (κ3) is 3.76. The number of nitro groups is 1. The van der Waals surface area contributed by atoms with Gasteiger partial charge in [-0.2, -0.15) is 0 Å². The number of carbonyl (C=O) groups is 2. The van der Waals surface area contributed by atoms with Crippen LogP contribution in [-0.2, 0) is 4.79 Å². The van der Waals surface area contributed by atoms with Crippen molar-refractivity contribution in [3.63, 3.8) is 0 Å². The molecule has 10 heteroatoms. The molecule has 1 aliphatic rings. The molecular weight excluding hydrogens is 438 g/mol. The van der Waals surface area contributed by atoms with Crippen molar-refractivity contribution in [1.29, 1.82) is 0 Å². The van der Waals surface area contributed by atoms with Gasteiger partial charge in [-0.25, -0.2) is 4.99 Å². The Morgan fingerprint density at radius 1 is 1.19 bits per heavy atom. The van der Waals surface area contributed by atoms with Gasteiger partial charge in [-0.1, -0.05) is 44.0 Å². The summed E-state index contributed by atoms with van der Waals surface area (Å²) in [7, 11) is 0. The number of nitro benzene ring substituents is 1. The van der Waals surface area contributed by atoms with Crippen LogP contribution in [0.4, 0.5) is 5.69 Å². The smallest absolute Gasteiger partial charge is 0.277 e. The predicted octanol–water partition coefficient (Wildman–Crippen LogP) is 5.08. The molecule has 2 atom stereocenters. The van der Waals surface area contributed by atoms with Crippen molar-refractivity contribution in [1.82, 2.24) is 0 Å². The summed E-state index contributed by atoms with van der Waals surface area (Å²) in [5, 5.41) is 8.88. The molecule has 0 aromatic heterocycles. The normalized spacial score (nSPS) is 25.1. The lowest BCUT2D eigenvalue weighted by molar-refractivity contribution is -0.384. The van der Waals surface area contributed by atoms with Crippen LogP contribution < -0.4 is 0 Å². The number of ketones is 1. The van der Waals surface area contributed by atoms with E-state index < -0.39 is 32.3 Å². The Morgan fingerprint density at radius 2 is 1.70 bits per heavy atom. The van der Waals surface area contributed by atoms with E-state index in [1.807, 2.05) is 0 Å². The van der Waals surface area contributed by atoms with E-state index in [1.54, 1.807) is 20.8 Å². The van der Waals surface area contributed by atoms with Crippen molar-refractivity contribution in [2.75, 3.05) is 0 Å². The van der Waals surface area contributed by atoms with Crippen LogP contribution in [-0.4, -0.2) is 32.6 Å². The molecule has 1 aliphatic carbocycles. The Morgan fingerprint density at radius 3 is 2.15 bits per heavy atom. The number of alkyl halides is 2. The number of nitrogens with zero attached hydrogens (tertiary/aromatic N) is 2. The molecule has 0 spiro atoms. The number of hydrogen-bond donors (Lipinski definition) is 0. The van der Waals surface area contributed by atoms with E-state index in [1.165, 1.54) is 24.3 Å². The second kappa shape index (κ2) is 7.51. The maximum atomic E-state index is 12.6. The number of carbonyl (C=O) groups excluding carboxylic acids is 2. The van der Waals surface area contributed by atoms with E-state index in [9.17, 15) is 19.7 Å². The van der Waals surface area contributed by atoms with Crippen LogP contribution in [0.15, 0.2) is 39.3 Å². The molecule has 0 N–H and O–H groups in total. The molecule has 0 aliphatic heterocycles. The average Bonchev–Trinajstić information content (AvgIpc) is 2.60. The molecule has 0 saturated heterocycles. The van der Waals surface area contributed by atoms with Gasteiger partial charge in [0, 0.05) is 17.7 Å². The van der Waals surface area contributed by atoms with Crippen molar-refractivity contribution >= 4 is 69.5 Å². The fourth-order valence-electron chi connectivity index (χ4n) is 2.51. The minimum absolute atomic E-state index is 0.0744. The molecule has 2 rings (SSSR count). The largest absolute Gasteiger partial charge is 0.291 e. The van der Waals surface area contributed by atoms with Crippen molar-refractivity contribution in [2.24, 2.45) is 10.4 Å². The molecule has 0 bridgehead atoms. The molecule has 1 aromatic rings. The van der Waals surface area contributed by atoms with Crippen LogP contribution in [0, 0.1) is 15.5 Å². The average molecular weight is 452 g/mol. The van der Waals surface area contributed by atoms with E-state index in [2.05, 4.69) is 4.99 Å². The molecule has 0 fully saturated rings. The highest BCUT2D eigenvalue weighted by molar-refractivity contribution is 6.65. The van der Waals surface area contributed by atoms with E-state index in [4.69, 9.17) is 46.4 Å². The zero-order chi connectivity index (χ0) is 20.7. The van der Waals surface area contributed by atoms with Crippen LogP contribution in [0.5, 0.6) is 0 Å². The quantitative estimate of drug-likeness (QED) is 0.356. The lowest BCUT2D eigenvalue weighted by atomic mass is 9.71. The maximum Gasteiger partial charge on any atom is 0.277 e. The topological polar surface area (TPSA) is 89.6 Å². The Labute approximate surface area is 175 Å². The first-order valence-corrected chi connectivity index (χ1v) is 9.20. The SMILES string of the molecule is CC(C)(C)C1(Cl)C(=O)C(Cl)=C(Cl)C(=NC(=O)c2ccc([N+](=O)[O-])cc2)C1Cl. The van der Waals surface area contributed by atoms with Crippen molar-refractivity contribution in [3.8, 4) is 0 Å². The summed E-state index contributed by atoms with van der Waals surface area (Å²) in [5.41, 5.74) is -1.06. The van der Waals surface area contributed by atoms with Crippen LogP contribution in [0.2, 0.25) is 0 Å². The Kier molecular flexibility index (Phi) is 6.07. The van der Waals surface area contributed by atoms with Gasteiger partial charge in [0.15, 0.2) is 5.78 Å². The van der Waals surface area contributed by atoms with Gasteiger partial charge in [-0.15, -0.1) is 23.2 Å². The Bertz CT molecular complexity index is 887. The van der Waals surface area contributed by atoms with Gasteiger partial charge in [0.2, 0.25) is 0 Å². The first kappa shape index (κ1) is 21.8. The van der Waals surface area contributed by atoms with Crippen LogP contribution in [0.25, 0.3) is 0 Å². The standard InChI is InChI=1S/C17H14Cl4N2O4/c1-16(2,3)17(21)13(20)12(10(18)11(19)14(17)24)22-15(25)8-4-6-9(7-5-8)23(26)27/h4-7,13H,1-3H3. The molecule has 0 saturated carbocycles. The highest BCUT2D eigenvalue weighted by Crippen LogP contribution is 2.49. The fraction of sp³-hybridized carbons (Fsp3) is 0.353. The number of halogens is 4. The van der Waals surface area contributed by atoms with Gasteiger partial charge in [-0.05, 0) is 17.5 Å². The lowest BCUT2D eigenvalue weighted by Crippen LogP contribution is -2.57. The molecule has 1 aromatic carbocycles. The highest BCUT2D eigenvalue weighted by atomic mass is 35.5. The summed E-state index contributed by atoms with van der Waals surface area (Å²) in [6, 6.07) is 4.83. The van der Waals surface area contributed by atoms with E-state index in [0.717, 1.165) is 0 Å². The van der Waals surface area contributed by atoms with Gasteiger partial charge in [0.1, 0.15) is 15.3 Å². The summed E-state index contributed by atoms with van der Waals surface area (Å²) < 4.78 is 0. The molecule has 6 nitrogen and oxygen atoms in total. The van der Waals surface area contributed by atoms with E-state index in [0.29, 0.717) is 0 Å². The zero-order valence-corrected chi connectivity index (χ0v) is 17.4. The van der Waals surface area contributed by atoms with Crippen LogP contribution >= 0.6 is 46.4 Å². The predicted molar refractivity (Wildman–Crippen MR) is 106 cm³/mol. The second-order valence-corrected chi connectivity index (χ2v) is 8.68. The molecular formula is C17H14Cl4N2O4. The molecule has 2 unspecified atom stereocenters. The number of benzene rings is 1. The maximum absolute atomic E-state index is 12.6. The summed E-state index contributed by atoms with van der Waals surface area (Å²) in [6.07, 6.45) is 0. The number of Topliss-reactive ketones (excluding diaryl/α,β-unsaturated/α-hetero) is 1. The summed E-state index contributed by atoms with van der Waals surface area (Å²) >= 11 is 25.1. The van der Waals surface area contributed by atoms with Crippen LogP contribution in [0.1, 0.15) is 31.1 Å². The highest BCUT2D eigenvalue weighted by Gasteiger charge is 2.58. The van der Waals surface area contributed by atoms with Gasteiger partial charge in [-0.3, -0.25) is 19.7 Å². The van der Waals surface area contributed by atoms with Gasteiger partial charge in [0.05, 0.1) is 15.7 Å². The summed E-state index contributed by atoms with van der Waals surface area (Å²) in [6.45, 7) is 5.10. The third-order valence-electron chi connectivity index (χ3n) is 4.18. The number of aliphatic imine (C=N–C) groups is 1. The lowest BCUT2D eigenvalue weighted by Gasteiger charge is -2.43. The molecule has 144 valence electrons. The van der Waals surface area contributed by atoms with Crippen molar-refractivity contribution < 1.29 is 14.5 Å². The second-order valence-electron chi connectivity index (χ2n) is 6.89. The van der Waals surface area contributed by atoms with Gasteiger partial charge >= 0.3 is 0 Å². The number of allylic oxidation sites excluding steroid dienone is 2. The zero-order valence-electron chi connectivity index (χ0n) is 14.4. The number of hydrogen-bond acceptors (Lipinski definition) is 4. The minimum atomic E-state index is -1.67. The van der Waals surface area contributed by atoms with Gasteiger partial charge < -0.3 is 0 Å². The van der Waals surface area contributed by atoms with Crippen molar-refractivity contribution in [3.05, 3.63) is 50.0 Å². The van der Waals surface area contributed by atoms with E-state index in [-0.39, 0.29) is 27.0 Å². The number of amides is 1. The molecule has 0 heterocycles. The molecule has 0 radical (unpaired) electrons. The Balaban J connectivity index is 2.53. The monoisotopic (exact) mass is 450 g/mol. The number of rotatable bonds is 2. The van der Waals surface area contributed by atoms with Crippen molar-refractivity contribution in [2.45, 2.75) is 31.0 Å². The summed E-state index contributed by atoms with van der Waals surface area (Å²) in [5.74, 6) is -1.40. The first-order valence-electron chi connectivity index (χ1n) is 7.63. The van der Waals surface area contributed by atoms with E-state index >= 15 is 0 Å². The molecule has 27 heavy (non-hydrogen) atoms. The fourth-order valence-corrected chi connectivity index (χ4v) is 3.88. The molecule has 1 amide bonds. The van der Waals surface area contributed by atoms with Gasteiger partial charge in [0.25, 0.3) is 11.6 Å². The van der Waals surface area contributed by atoms with Crippen LogP contribution in [0.3, 0.4) is 0 Å².